The lowest BCUT2D eigenvalue weighted by atomic mass is 10.4. The maximum atomic E-state index is 10.2. The zero-order valence-corrected chi connectivity index (χ0v) is 8.61. The van der Waals surface area contributed by atoms with Crippen molar-refractivity contribution in [1.29, 1.82) is 0 Å². The number of halogens is 1. The second-order valence-electron chi connectivity index (χ2n) is 3.00. The van der Waals surface area contributed by atoms with Gasteiger partial charge in [0.1, 0.15) is 11.0 Å². The van der Waals surface area contributed by atoms with Gasteiger partial charge in [-0.05, 0) is 12.1 Å². The van der Waals surface area contributed by atoms with Crippen LogP contribution in [0.5, 0.6) is 0 Å². The smallest absolute Gasteiger partial charge is 0.212 e. The van der Waals surface area contributed by atoms with Gasteiger partial charge >= 0.3 is 0 Å². The molecule has 15 heavy (non-hydrogen) atoms. The van der Waals surface area contributed by atoms with Crippen molar-refractivity contribution in [3.63, 3.8) is 0 Å². The molecule has 0 aromatic carbocycles. The second kappa shape index (κ2) is 4.27. The number of pyridine rings is 1. The molecule has 1 aliphatic heterocycles. The Labute approximate surface area is 91.7 Å². The summed E-state index contributed by atoms with van der Waals surface area (Å²) < 4.78 is 0. The highest BCUT2D eigenvalue weighted by molar-refractivity contribution is 6.29. The van der Waals surface area contributed by atoms with Crippen molar-refractivity contribution >= 4 is 29.7 Å². The van der Waals surface area contributed by atoms with E-state index in [1.165, 1.54) is 0 Å². The SMILES string of the molecule is O=CNC1=NN(c2cccc(Cl)n2)CC1. The van der Waals surface area contributed by atoms with Gasteiger partial charge in [-0.3, -0.25) is 4.79 Å². The van der Waals surface area contributed by atoms with Crippen LogP contribution in [-0.2, 0) is 4.79 Å². The first kappa shape index (κ1) is 9.92. The zero-order chi connectivity index (χ0) is 10.7. The molecule has 1 amide bonds. The third-order valence-electron chi connectivity index (χ3n) is 1.99. The average molecular weight is 225 g/mol. The third-order valence-corrected chi connectivity index (χ3v) is 2.20. The number of carbonyl (C=O) groups excluding carboxylic acids is 1. The summed E-state index contributed by atoms with van der Waals surface area (Å²) in [6.45, 7) is 0.698. The molecular weight excluding hydrogens is 216 g/mol. The van der Waals surface area contributed by atoms with Gasteiger partial charge in [0, 0.05) is 6.42 Å². The molecule has 0 bridgehead atoms. The standard InChI is InChI=1S/C9H9ClN4O/c10-7-2-1-3-9(12-7)14-5-4-8(13-14)11-6-15/h1-3,6H,4-5H2,(H,11,13,15). The quantitative estimate of drug-likeness (QED) is 0.603. The van der Waals surface area contributed by atoms with E-state index in [1.807, 2.05) is 12.1 Å². The molecule has 0 unspecified atom stereocenters. The predicted octanol–water partition coefficient (Wildman–Crippen LogP) is 1.00. The first-order chi connectivity index (χ1) is 7.29. The maximum absolute atomic E-state index is 10.2. The Morgan fingerprint density at radius 2 is 2.40 bits per heavy atom. The molecule has 0 aliphatic carbocycles. The van der Waals surface area contributed by atoms with Gasteiger partial charge in [-0.15, -0.1) is 0 Å². The van der Waals surface area contributed by atoms with Crippen LogP contribution in [0.25, 0.3) is 0 Å². The Balaban J connectivity index is 2.16. The first-order valence-corrected chi connectivity index (χ1v) is 4.85. The van der Waals surface area contributed by atoms with Crippen LogP contribution in [0.3, 0.4) is 0 Å². The van der Waals surface area contributed by atoms with Crippen LogP contribution in [0, 0.1) is 0 Å². The zero-order valence-electron chi connectivity index (χ0n) is 7.85. The van der Waals surface area contributed by atoms with Crippen LogP contribution in [-0.4, -0.2) is 23.8 Å². The van der Waals surface area contributed by atoms with Crippen molar-refractivity contribution in [2.45, 2.75) is 6.42 Å². The normalized spacial score (nSPS) is 15.0. The van der Waals surface area contributed by atoms with E-state index < -0.39 is 0 Å². The van der Waals surface area contributed by atoms with E-state index >= 15 is 0 Å². The van der Waals surface area contributed by atoms with E-state index in [-0.39, 0.29) is 0 Å². The summed E-state index contributed by atoms with van der Waals surface area (Å²) in [5, 5.41) is 8.84. The third kappa shape index (κ3) is 2.24. The molecule has 0 fully saturated rings. The van der Waals surface area contributed by atoms with Gasteiger partial charge in [-0.2, -0.15) is 5.10 Å². The summed E-state index contributed by atoms with van der Waals surface area (Å²) in [6.07, 6.45) is 1.32. The Hall–Kier alpha value is -1.62. The summed E-state index contributed by atoms with van der Waals surface area (Å²) >= 11 is 5.76. The van der Waals surface area contributed by atoms with Crippen molar-refractivity contribution in [2.75, 3.05) is 11.6 Å². The lowest BCUT2D eigenvalue weighted by molar-refractivity contribution is -0.108. The van der Waals surface area contributed by atoms with Crippen molar-refractivity contribution in [2.24, 2.45) is 5.10 Å². The highest BCUT2D eigenvalue weighted by atomic mass is 35.5. The lowest BCUT2D eigenvalue weighted by Crippen LogP contribution is -2.18. The molecule has 1 N–H and O–H groups in total. The predicted molar refractivity (Wildman–Crippen MR) is 57.8 cm³/mol. The van der Waals surface area contributed by atoms with Gasteiger partial charge in [0.2, 0.25) is 6.41 Å². The Morgan fingerprint density at radius 1 is 1.53 bits per heavy atom. The fourth-order valence-corrected chi connectivity index (χ4v) is 1.49. The molecule has 78 valence electrons. The molecule has 0 radical (unpaired) electrons. The minimum absolute atomic E-state index is 0.430. The molecule has 1 aromatic heterocycles. The van der Waals surface area contributed by atoms with Crippen molar-refractivity contribution in [3.05, 3.63) is 23.4 Å². The number of amides is 1. The number of amidine groups is 1. The molecule has 6 heteroatoms. The fraction of sp³-hybridized carbons (Fsp3) is 0.222. The topological polar surface area (TPSA) is 57.6 Å². The number of nitrogens with one attached hydrogen (secondary N) is 1. The molecule has 2 rings (SSSR count). The van der Waals surface area contributed by atoms with E-state index in [2.05, 4.69) is 15.4 Å². The molecular formula is C9H9ClN4O. The van der Waals surface area contributed by atoms with Crippen molar-refractivity contribution in [1.82, 2.24) is 10.3 Å². The molecule has 2 heterocycles. The average Bonchev–Trinajstić information content (AvgIpc) is 2.67. The second-order valence-corrected chi connectivity index (χ2v) is 3.39. The van der Waals surface area contributed by atoms with Gasteiger partial charge in [0.15, 0.2) is 5.82 Å². The molecule has 5 nitrogen and oxygen atoms in total. The van der Waals surface area contributed by atoms with E-state index in [9.17, 15) is 4.79 Å². The van der Waals surface area contributed by atoms with Gasteiger partial charge in [0.25, 0.3) is 0 Å². The number of hydrogen-bond donors (Lipinski definition) is 1. The highest BCUT2D eigenvalue weighted by Crippen LogP contribution is 2.17. The van der Waals surface area contributed by atoms with E-state index in [4.69, 9.17) is 11.6 Å². The van der Waals surface area contributed by atoms with E-state index in [0.717, 1.165) is 0 Å². The summed E-state index contributed by atoms with van der Waals surface area (Å²) in [6, 6.07) is 5.33. The lowest BCUT2D eigenvalue weighted by Gasteiger charge is -2.11. The monoisotopic (exact) mass is 224 g/mol. The fourth-order valence-electron chi connectivity index (χ4n) is 1.33. The molecule has 0 spiro atoms. The number of hydrogen-bond acceptors (Lipinski definition) is 4. The van der Waals surface area contributed by atoms with Gasteiger partial charge in [0.05, 0.1) is 6.54 Å². The van der Waals surface area contributed by atoms with Crippen LogP contribution in [0.1, 0.15) is 6.42 Å². The van der Waals surface area contributed by atoms with Crippen LogP contribution in [0.4, 0.5) is 5.82 Å². The molecule has 0 saturated heterocycles. The van der Waals surface area contributed by atoms with E-state index in [0.29, 0.717) is 36.2 Å². The summed E-state index contributed by atoms with van der Waals surface area (Å²) in [5.74, 6) is 1.33. The van der Waals surface area contributed by atoms with Crippen molar-refractivity contribution < 1.29 is 4.79 Å². The van der Waals surface area contributed by atoms with Crippen LogP contribution in [0.2, 0.25) is 5.15 Å². The van der Waals surface area contributed by atoms with Gasteiger partial charge in [-0.1, -0.05) is 17.7 Å². The molecule has 0 atom stereocenters. The van der Waals surface area contributed by atoms with Gasteiger partial charge in [-0.25, -0.2) is 9.99 Å². The Kier molecular flexibility index (Phi) is 2.82. The maximum Gasteiger partial charge on any atom is 0.212 e. The van der Waals surface area contributed by atoms with Crippen LogP contribution >= 0.6 is 11.6 Å². The molecule has 1 aliphatic rings. The number of rotatable bonds is 2. The number of hydrazone groups is 1. The molecule has 1 aromatic rings. The number of nitrogens with zero attached hydrogens (tertiary/aromatic N) is 3. The largest absolute Gasteiger partial charge is 0.315 e. The Morgan fingerprint density at radius 3 is 3.13 bits per heavy atom. The van der Waals surface area contributed by atoms with Gasteiger partial charge < -0.3 is 5.32 Å². The number of aromatic nitrogens is 1. The number of anilines is 1. The summed E-state index contributed by atoms with van der Waals surface area (Å²) in [7, 11) is 0. The van der Waals surface area contributed by atoms with Crippen LogP contribution < -0.4 is 10.3 Å². The minimum Gasteiger partial charge on any atom is -0.315 e. The molecule has 0 saturated carbocycles. The van der Waals surface area contributed by atoms with E-state index in [1.54, 1.807) is 11.1 Å². The highest BCUT2D eigenvalue weighted by Gasteiger charge is 2.16. The van der Waals surface area contributed by atoms with Crippen LogP contribution in [0.15, 0.2) is 23.3 Å². The Bertz CT molecular complexity index is 407. The van der Waals surface area contributed by atoms with Crippen molar-refractivity contribution in [3.8, 4) is 0 Å². The minimum atomic E-state index is 0.430. The summed E-state index contributed by atoms with van der Waals surface area (Å²) in [4.78, 5) is 14.3. The first-order valence-electron chi connectivity index (χ1n) is 4.47. The number of carbonyl (C=O) groups is 1. The summed E-state index contributed by atoms with van der Waals surface area (Å²) in [5.41, 5.74) is 0.